The Morgan fingerprint density at radius 3 is 1.44 bits per heavy atom. The maximum atomic E-state index is 12.8. The third kappa shape index (κ3) is 13.3. The summed E-state index contributed by atoms with van der Waals surface area (Å²) < 4.78 is 35.1. The molecule has 0 aliphatic carbocycles. The molecule has 0 aliphatic rings. The molecule has 10 nitrogen and oxygen atoms in total. The van der Waals surface area contributed by atoms with Crippen LogP contribution < -0.4 is 5.32 Å². The largest absolute Gasteiger partial charge is 0.500 e. The zero-order valence-electron chi connectivity index (χ0n) is 22.0. The second-order valence-corrected chi connectivity index (χ2v) is 13.0. The smallest absolute Gasteiger partial charge is 0.481 e. The van der Waals surface area contributed by atoms with Crippen LogP contribution in [0.25, 0.3) is 0 Å². The molecule has 0 radical (unpaired) electrons. The molecular formula is C22H47NO9Si2. The number of aliphatic carboxylic acids is 1. The molecule has 1 unspecified atom stereocenters. The summed E-state index contributed by atoms with van der Waals surface area (Å²) in [5, 5.41) is 12.2. The van der Waals surface area contributed by atoms with Crippen LogP contribution in [0.1, 0.15) is 67.2 Å². The topological polar surface area (TPSA) is 122 Å². The van der Waals surface area contributed by atoms with Crippen LogP contribution in [0.3, 0.4) is 0 Å². The molecule has 1 amide bonds. The maximum Gasteiger partial charge on any atom is 0.500 e. The van der Waals surface area contributed by atoms with E-state index in [4.69, 9.17) is 26.6 Å². The van der Waals surface area contributed by atoms with Gasteiger partial charge >= 0.3 is 23.6 Å². The fourth-order valence-electron chi connectivity index (χ4n) is 3.76. The van der Waals surface area contributed by atoms with Crippen molar-refractivity contribution >= 4 is 29.5 Å². The maximum absolute atomic E-state index is 12.8. The number of nitrogens with one attached hydrogen (secondary N) is 1. The third-order valence-corrected chi connectivity index (χ3v) is 11.3. The van der Waals surface area contributed by atoms with Crippen LogP contribution in [0.4, 0.5) is 0 Å². The van der Waals surface area contributed by atoms with Crippen molar-refractivity contribution in [3.63, 3.8) is 0 Å². The Kier molecular flexibility index (Phi) is 18.8. The molecule has 12 heteroatoms. The van der Waals surface area contributed by atoms with Crippen LogP contribution in [-0.4, -0.2) is 80.8 Å². The van der Waals surface area contributed by atoms with Crippen molar-refractivity contribution in [3.8, 4) is 0 Å². The van der Waals surface area contributed by atoms with Crippen molar-refractivity contribution in [2.45, 2.75) is 79.3 Å². The fraction of sp³-hybridized carbons (Fsp3) is 0.909. The summed E-state index contributed by atoms with van der Waals surface area (Å²) >= 11 is 0. The monoisotopic (exact) mass is 525 g/mol. The highest BCUT2D eigenvalue weighted by Crippen LogP contribution is 2.23. The molecule has 0 fully saturated rings. The van der Waals surface area contributed by atoms with Gasteiger partial charge in [-0.25, -0.2) is 0 Å². The second-order valence-electron chi connectivity index (χ2n) is 7.55. The number of rotatable bonds is 23. The predicted octanol–water partition coefficient (Wildman–Crippen LogP) is 3.46. The summed E-state index contributed by atoms with van der Waals surface area (Å²) in [5.41, 5.74) is 0. The first-order valence-corrected chi connectivity index (χ1v) is 16.5. The molecule has 0 saturated carbocycles. The zero-order valence-corrected chi connectivity index (χ0v) is 24.0. The number of amides is 1. The second kappa shape index (κ2) is 19.3. The Hall–Kier alpha value is -0.866. The molecule has 0 aromatic heterocycles. The first-order chi connectivity index (χ1) is 16.3. The number of carbonyl (C=O) groups is 2. The summed E-state index contributed by atoms with van der Waals surface area (Å²) in [6.45, 7) is 14.7. The summed E-state index contributed by atoms with van der Waals surface area (Å²) in [5.74, 6) is -1.91. The van der Waals surface area contributed by atoms with Crippen molar-refractivity contribution in [1.82, 2.24) is 5.32 Å². The summed E-state index contributed by atoms with van der Waals surface area (Å²) in [7, 11) is -5.60. The Bertz CT molecular complexity index is 520. The first-order valence-electron chi connectivity index (χ1n) is 12.6. The predicted molar refractivity (Wildman–Crippen MR) is 133 cm³/mol. The molecule has 0 saturated heterocycles. The number of hydrogen-bond acceptors (Lipinski definition) is 8. The summed E-state index contributed by atoms with van der Waals surface area (Å²) in [6.07, 6.45) is 1.38. The van der Waals surface area contributed by atoms with Crippen molar-refractivity contribution in [3.05, 3.63) is 0 Å². The van der Waals surface area contributed by atoms with Crippen LogP contribution in [-0.2, 0) is 36.1 Å². The zero-order chi connectivity index (χ0) is 25.9. The molecule has 1 atom stereocenters. The van der Waals surface area contributed by atoms with E-state index in [9.17, 15) is 14.7 Å². The molecule has 0 heterocycles. The molecule has 0 bridgehead atoms. The lowest BCUT2D eigenvalue weighted by Gasteiger charge is -2.29. The molecule has 0 rings (SSSR count). The Morgan fingerprint density at radius 1 is 0.706 bits per heavy atom. The van der Waals surface area contributed by atoms with Crippen LogP contribution in [0.15, 0.2) is 0 Å². The van der Waals surface area contributed by atoms with Gasteiger partial charge in [0.25, 0.3) is 0 Å². The Labute approximate surface area is 207 Å². The number of carbonyl (C=O) groups excluding carboxylic acids is 1. The molecule has 2 N–H and O–H groups in total. The van der Waals surface area contributed by atoms with Crippen molar-refractivity contribution < 1.29 is 41.3 Å². The van der Waals surface area contributed by atoms with E-state index >= 15 is 0 Å². The minimum Gasteiger partial charge on any atom is -0.481 e. The van der Waals surface area contributed by atoms with E-state index in [2.05, 4.69) is 5.32 Å². The normalized spacial score (nSPS) is 13.1. The Morgan fingerprint density at radius 2 is 1.09 bits per heavy atom. The van der Waals surface area contributed by atoms with E-state index < -0.39 is 29.5 Å². The van der Waals surface area contributed by atoms with Crippen molar-refractivity contribution in [1.29, 1.82) is 0 Å². The molecular weight excluding hydrogens is 478 g/mol. The quantitative estimate of drug-likeness (QED) is 0.152. The lowest BCUT2D eigenvalue weighted by atomic mass is 9.99. The average Bonchev–Trinajstić information content (AvgIpc) is 2.77. The van der Waals surface area contributed by atoms with E-state index in [0.29, 0.717) is 77.5 Å². The fourth-order valence-corrected chi connectivity index (χ4v) is 9.02. The Balaban J connectivity index is 4.92. The van der Waals surface area contributed by atoms with Gasteiger partial charge in [-0.1, -0.05) is 0 Å². The van der Waals surface area contributed by atoms with Gasteiger partial charge in [-0.2, -0.15) is 0 Å². The van der Waals surface area contributed by atoms with Gasteiger partial charge in [0.2, 0.25) is 5.91 Å². The van der Waals surface area contributed by atoms with Gasteiger partial charge in [0.1, 0.15) is 0 Å². The van der Waals surface area contributed by atoms with Crippen molar-refractivity contribution in [2.24, 2.45) is 5.92 Å². The van der Waals surface area contributed by atoms with Gasteiger partial charge in [-0.05, 0) is 60.8 Å². The van der Waals surface area contributed by atoms with Gasteiger partial charge in [0, 0.05) is 64.2 Å². The van der Waals surface area contributed by atoms with Crippen LogP contribution >= 0.6 is 0 Å². The van der Waals surface area contributed by atoms with E-state index in [-0.39, 0.29) is 12.3 Å². The van der Waals surface area contributed by atoms with Crippen LogP contribution in [0.5, 0.6) is 0 Å². The minimum absolute atomic E-state index is 0.228. The number of hydrogen-bond donors (Lipinski definition) is 2. The van der Waals surface area contributed by atoms with Gasteiger partial charge in [-0.15, -0.1) is 0 Å². The molecule has 0 spiro atoms. The molecule has 0 aromatic rings. The average molecular weight is 526 g/mol. The van der Waals surface area contributed by atoms with Gasteiger partial charge in [0.05, 0.1) is 6.42 Å². The number of carboxylic acids is 1. The van der Waals surface area contributed by atoms with E-state index in [0.717, 1.165) is 0 Å². The lowest BCUT2D eigenvalue weighted by Crippen LogP contribution is -2.46. The van der Waals surface area contributed by atoms with E-state index in [1.54, 1.807) is 0 Å². The van der Waals surface area contributed by atoms with Crippen molar-refractivity contribution in [2.75, 3.05) is 46.2 Å². The minimum atomic E-state index is -2.83. The van der Waals surface area contributed by atoms with Crippen LogP contribution in [0, 0.1) is 5.92 Å². The van der Waals surface area contributed by atoms with Gasteiger partial charge < -0.3 is 37.0 Å². The SMILES string of the molecule is CCO[Si](CCCNC(=O)C(CCC[Si](OCC)(OCC)OCC)CC(=O)O)(OCC)OCC. The van der Waals surface area contributed by atoms with Gasteiger partial charge in [0.15, 0.2) is 0 Å². The van der Waals surface area contributed by atoms with E-state index in [1.807, 2.05) is 41.5 Å². The highest BCUT2D eigenvalue weighted by Gasteiger charge is 2.41. The highest BCUT2D eigenvalue weighted by molar-refractivity contribution is 6.61. The van der Waals surface area contributed by atoms with Gasteiger partial charge in [-0.3, -0.25) is 9.59 Å². The van der Waals surface area contributed by atoms with Crippen LogP contribution in [0.2, 0.25) is 12.1 Å². The third-order valence-electron chi connectivity index (χ3n) is 4.97. The standard InChI is InChI=1S/C22H47NO9Si2/c1-7-27-33(28-8-2,29-9-3)17-13-15-20(19-21(24)25)22(26)23-16-14-18-34(30-10-4,31-11-5)32-12-6/h20H,7-19H2,1-6H3,(H,23,26)(H,24,25). The molecule has 34 heavy (non-hydrogen) atoms. The molecule has 0 aromatic carbocycles. The highest BCUT2D eigenvalue weighted by atomic mass is 28.4. The van der Waals surface area contributed by atoms with E-state index in [1.165, 1.54) is 0 Å². The summed E-state index contributed by atoms with van der Waals surface area (Å²) in [6, 6.07) is 1.12. The first kappa shape index (κ1) is 33.1. The molecule has 202 valence electrons. The number of carboxylic acid groups (broad SMARTS) is 1. The molecule has 0 aliphatic heterocycles. The summed E-state index contributed by atoms with van der Waals surface area (Å²) in [4.78, 5) is 24.1. The lowest BCUT2D eigenvalue weighted by molar-refractivity contribution is -0.141.